The third-order valence-corrected chi connectivity index (χ3v) is 1.83. The summed E-state index contributed by atoms with van der Waals surface area (Å²) in [5, 5.41) is 10.7. The van der Waals surface area contributed by atoms with E-state index in [1.165, 1.54) is 17.8 Å². The fraction of sp³-hybridized carbons (Fsp3) is 0.333. The zero-order valence-electron chi connectivity index (χ0n) is 5.94. The van der Waals surface area contributed by atoms with Crippen molar-refractivity contribution in [2.24, 2.45) is 0 Å². The van der Waals surface area contributed by atoms with Gasteiger partial charge in [0.05, 0.1) is 6.07 Å². The Morgan fingerprint density at radius 1 is 1.73 bits per heavy atom. The normalized spacial score (nSPS) is 9.91. The molecule has 1 rings (SSSR count). The van der Waals surface area contributed by atoms with Crippen molar-refractivity contribution < 1.29 is 9.34 Å². The van der Waals surface area contributed by atoms with E-state index in [4.69, 9.17) is 4.42 Å². The van der Waals surface area contributed by atoms with Crippen LogP contribution in [-0.2, 0) is 0 Å². The molecule has 0 bridgehead atoms. The Morgan fingerprint density at radius 2 is 2.45 bits per heavy atom. The van der Waals surface area contributed by atoms with Crippen LogP contribution in [0.5, 0.6) is 0 Å². The van der Waals surface area contributed by atoms with Crippen LogP contribution in [0.15, 0.2) is 21.6 Å². The molecule has 0 aromatic carbocycles. The molecule has 11 heavy (non-hydrogen) atoms. The first-order valence-corrected chi connectivity index (χ1v) is 4.09. The zero-order chi connectivity index (χ0) is 8.27. The maximum atomic E-state index is 10.1. The van der Waals surface area contributed by atoms with Gasteiger partial charge in [-0.3, -0.25) is 10.1 Å². The van der Waals surface area contributed by atoms with Crippen molar-refractivity contribution in [3.05, 3.63) is 22.2 Å². The minimum atomic E-state index is -0.542. The lowest BCUT2D eigenvalue weighted by molar-refractivity contribution is -0.403. The highest BCUT2D eigenvalue weighted by Gasteiger charge is 2.10. The Bertz CT molecular complexity index is 258. The van der Waals surface area contributed by atoms with Crippen LogP contribution in [0.3, 0.4) is 0 Å². The molecule has 0 spiro atoms. The molecule has 4 nitrogen and oxygen atoms in total. The van der Waals surface area contributed by atoms with Gasteiger partial charge in [-0.2, -0.15) is 0 Å². The van der Waals surface area contributed by atoms with E-state index in [2.05, 4.69) is 0 Å². The van der Waals surface area contributed by atoms with Crippen LogP contribution >= 0.6 is 11.8 Å². The van der Waals surface area contributed by atoms with Crippen LogP contribution in [0.4, 0.5) is 5.88 Å². The second kappa shape index (κ2) is 3.43. The average molecular weight is 173 g/mol. The van der Waals surface area contributed by atoms with Gasteiger partial charge in [0.15, 0.2) is 5.09 Å². The molecule has 0 radical (unpaired) electrons. The maximum absolute atomic E-state index is 10.1. The molecule has 0 saturated heterocycles. The Labute approximate surface area is 67.7 Å². The van der Waals surface area contributed by atoms with Crippen LogP contribution in [-0.4, -0.2) is 10.7 Å². The minimum absolute atomic E-state index is 0.194. The van der Waals surface area contributed by atoms with Crippen LogP contribution in [0, 0.1) is 10.1 Å². The van der Waals surface area contributed by atoms with Crippen molar-refractivity contribution in [2.45, 2.75) is 12.0 Å². The van der Waals surface area contributed by atoms with Gasteiger partial charge in [0.2, 0.25) is 0 Å². The molecule has 0 atom stereocenters. The van der Waals surface area contributed by atoms with Crippen molar-refractivity contribution in [2.75, 3.05) is 5.75 Å². The van der Waals surface area contributed by atoms with Crippen molar-refractivity contribution >= 4 is 17.6 Å². The topological polar surface area (TPSA) is 56.3 Å². The van der Waals surface area contributed by atoms with E-state index in [9.17, 15) is 10.1 Å². The molecule has 5 heteroatoms. The van der Waals surface area contributed by atoms with E-state index in [1.54, 1.807) is 6.07 Å². The van der Waals surface area contributed by atoms with Crippen LogP contribution in [0.1, 0.15) is 6.92 Å². The standard InChI is InChI=1S/C6H7NO3S/c1-2-11-6-4-3-5(10-6)7(8)9/h3-4H,2H2,1H3. The molecule has 0 fully saturated rings. The highest BCUT2D eigenvalue weighted by Crippen LogP contribution is 2.24. The quantitative estimate of drug-likeness (QED) is 0.399. The Kier molecular flexibility index (Phi) is 2.53. The predicted octanol–water partition coefficient (Wildman–Crippen LogP) is 2.30. The summed E-state index contributed by atoms with van der Waals surface area (Å²) in [6.07, 6.45) is 0. The van der Waals surface area contributed by atoms with E-state index in [-0.39, 0.29) is 5.88 Å². The lowest BCUT2D eigenvalue weighted by atomic mass is 10.6. The molecule has 0 saturated carbocycles. The molecule has 0 aliphatic rings. The first kappa shape index (κ1) is 8.13. The summed E-state index contributed by atoms with van der Waals surface area (Å²) in [5.41, 5.74) is 0. The molecule has 1 aromatic rings. The molecular formula is C6H7NO3S. The summed E-state index contributed by atoms with van der Waals surface area (Å²) in [7, 11) is 0. The van der Waals surface area contributed by atoms with Crippen molar-refractivity contribution in [1.82, 2.24) is 0 Å². The number of furan rings is 1. The van der Waals surface area contributed by atoms with E-state index in [0.29, 0.717) is 5.09 Å². The smallest absolute Gasteiger partial charge is 0.394 e. The summed E-state index contributed by atoms with van der Waals surface area (Å²) in [6.45, 7) is 1.96. The van der Waals surface area contributed by atoms with Gasteiger partial charge < -0.3 is 4.42 Å². The first-order chi connectivity index (χ1) is 5.24. The minimum Gasteiger partial charge on any atom is -0.394 e. The summed E-state index contributed by atoms with van der Waals surface area (Å²) >= 11 is 1.44. The van der Waals surface area contributed by atoms with Crippen LogP contribution in [0.25, 0.3) is 0 Å². The van der Waals surface area contributed by atoms with Gasteiger partial charge in [-0.05, 0) is 11.8 Å². The van der Waals surface area contributed by atoms with E-state index in [1.807, 2.05) is 6.92 Å². The van der Waals surface area contributed by atoms with Crippen LogP contribution < -0.4 is 0 Å². The molecule has 0 unspecified atom stereocenters. The summed E-state index contributed by atoms with van der Waals surface area (Å²) in [4.78, 5) is 9.58. The van der Waals surface area contributed by atoms with Gasteiger partial charge >= 0.3 is 5.88 Å². The maximum Gasteiger partial charge on any atom is 0.434 e. The van der Waals surface area contributed by atoms with E-state index < -0.39 is 4.92 Å². The third kappa shape index (κ3) is 1.98. The third-order valence-electron chi connectivity index (χ3n) is 1.03. The fourth-order valence-electron chi connectivity index (χ4n) is 0.628. The second-order valence-electron chi connectivity index (χ2n) is 1.78. The van der Waals surface area contributed by atoms with Gasteiger partial charge in [0.25, 0.3) is 0 Å². The first-order valence-electron chi connectivity index (χ1n) is 3.11. The predicted molar refractivity (Wildman–Crippen MR) is 41.8 cm³/mol. The summed E-state index contributed by atoms with van der Waals surface area (Å²) in [6, 6.07) is 2.96. The highest BCUT2D eigenvalue weighted by atomic mass is 32.2. The zero-order valence-corrected chi connectivity index (χ0v) is 6.76. The number of nitrogens with zero attached hydrogens (tertiary/aromatic N) is 1. The molecule has 1 heterocycles. The Hall–Kier alpha value is -0.970. The number of hydrogen-bond donors (Lipinski definition) is 0. The molecule has 60 valence electrons. The molecule has 0 aliphatic heterocycles. The molecule has 0 aliphatic carbocycles. The van der Waals surface area contributed by atoms with Crippen LogP contribution in [0.2, 0.25) is 0 Å². The summed E-state index contributed by atoms with van der Waals surface area (Å²) in [5.74, 6) is 0.658. The van der Waals surface area contributed by atoms with Gasteiger partial charge in [0, 0.05) is 0 Å². The average Bonchev–Trinajstić information content (AvgIpc) is 2.37. The number of hydrogen-bond acceptors (Lipinski definition) is 4. The highest BCUT2D eigenvalue weighted by molar-refractivity contribution is 7.99. The Balaban J connectivity index is 2.73. The van der Waals surface area contributed by atoms with E-state index in [0.717, 1.165) is 5.75 Å². The molecular weight excluding hydrogens is 166 g/mol. The molecule has 0 amide bonds. The van der Waals surface area contributed by atoms with E-state index >= 15 is 0 Å². The van der Waals surface area contributed by atoms with Gasteiger partial charge in [-0.25, -0.2) is 0 Å². The van der Waals surface area contributed by atoms with Crippen molar-refractivity contribution in [1.29, 1.82) is 0 Å². The molecule has 0 N–H and O–H groups in total. The van der Waals surface area contributed by atoms with Gasteiger partial charge in [-0.1, -0.05) is 18.7 Å². The number of rotatable bonds is 3. The SMILES string of the molecule is CCSc1ccc([N+](=O)[O-])o1. The van der Waals surface area contributed by atoms with Crippen molar-refractivity contribution in [3.63, 3.8) is 0 Å². The van der Waals surface area contributed by atoms with Crippen molar-refractivity contribution in [3.8, 4) is 0 Å². The summed E-state index contributed by atoms with van der Waals surface area (Å²) < 4.78 is 4.85. The second-order valence-corrected chi connectivity index (χ2v) is 3.05. The number of nitro groups is 1. The fourth-order valence-corrected chi connectivity index (χ4v) is 1.22. The molecule has 1 aromatic heterocycles. The lowest BCUT2D eigenvalue weighted by Crippen LogP contribution is -1.82. The van der Waals surface area contributed by atoms with Gasteiger partial charge in [0.1, 0.15) is 4.92 Å². The number of thioether (sulfide) groups is 1. The lowest BCUT2D eigenvalue weighted by Gasteiger charge is -1.86. The Morgan fingerprint density at radius 3 is 2.91 bits per heavy atom. The van der Waals surface area contributed by atoms with Gasteiger partial charge in [-0.15, -0.1) is 0 Å². The largest absolute Gasteiger partial charge is 0.434 e. The monoisotopic (exact) mass is 173 g/mol.